The van der Waals surface area contributed by atoms with Crippen LogP contribution in [0.5, 0.6) is 0 Å². The molecule has 0 saturated carbocycles. The summed E-state index contributed by atoms with van der Waals surface area (Å²) >= 11 is 0. The molecule has 7 heteroatoms. The van der Waals surface area contributed by atoms with E-state index in [4.69, 9.17) is 5.21 Å². The van der Waals surface area contributed by atoms with Crippen LogP contribution in [0.3, 0.4) is 0 Å². The zero-order chi connectivity index (χ0) is 17.4. The molecule has 0 aliphatic heterocycles. The molecular formula is C17H14N2O4S. The molecule has 0 aromatic heterocycles. The monoisotopic (exact) mass is 342 g/mol. The van der Waals surface area contributed by atoms with Crippen LogP contribution >= 0.6 is 0 Å². The second-order valence-electron chi connectivity index (χ2n) is 4.58. The van der Waals surface area contributed by atoms with E-state index in [1.54, 1.807) is 42.5 Å². The third-order valence-electron chi connectivity index (χ3n) is 2.81. The Labute approximate surface area is 139 Å². The number of rotatable bonds is 4. The largest absolute Gasteiger partial charge is 0.288 e. The van der Waals surface area contributed by atoms with E-state index in [2.05, 4.69) is 16.6 Å². The summed E-state index contributed by atoms with van der Waals surface area (Å²) in [6.07, 6.45) is 2.33. The molecule has 2 aromatic carbocycles. The summed E-state index contributed by atoms with van der Waals surface area (Å²) in [6, 6.07) is 14.6. The highest BCUT2D eigenvalue weighted by atomic mass is 32.2. The van der Waals surface area contributed by atoms with E-state index in [9.17, 15) is 13.2 Å². The minimum Gasteiger partial charge on any atom is -0.288 e. The van der Waals surface area contributed by atoms with Crippen LogP contribution in [0.2, 0.25) is 0 Å². The van der Waals surface area contributed by atoms with Crippen LogP contribution < -0.4 is 10.2 Å². The lowest BCUT2D eigenvalue weighted by molar-refractivity contribution is -0.124. The van der Waals surface area contributed by atoms with Crippen LogP contribution in [-0.2, 0) is 14.8 Å². The average molecular weight is 342 g/mol. The highest BCUT2D eigenvalue weighted by molar-refractivity contribution is 7.92. The molecule has 0 bridgehead atoms. The predicted octanol–water partition coefficient (Wildman–Crippen LogP) is 1.90. The predicted molar refractivity (Wildman–Crippen MR) is 89.6 cm³/mol. The quantitative estimate of drug-likeness (QED) is 0.342. The van der Waals surface area contributed by atoms with Gasteiger partial charge in [0.05, 0.1) is 10.6 Å². The van der Waals surface area contributed by atoms with Gasteiger partial charge in [-0.3, -0.25) is 14.7 Å². The lowest BCUT2D eigenvalue weighted by Gasteiger charge is -2.08. The van der Waals surface area contributed by atoms with Crippen molar-refractivity contribution in [2.75, 3.05) is 4.72 Å². The summed E-state index contributed by atoms with van der Waals surface area (Å²) in [5, 5.41) is 8.33. The topological polar surface area (TPSA) is 95.5 Å². The number of nitrogens with one attached hydrogen (secondary N) is 2. The van der Waals surface area contributed by atoms with Crippen LogP contribution in [0.1, 0.15) is 5.56 Å². The maximum atomic E-state index is 12.3. The first-order valence-electron chi connectivity index (χ1n) is 6.81. The number of carbonyl (C=O) groups is 1. The number of benzene rings is 2. The Bertz CT molecular complexity index is 910. The van der Waals surface area contributed by atoms with Gasteiger partial charge in [-0.15, -0.1) is 0 Å². The Balaban J connectivity index is 2.15. The smallest absolute Gasteiger partial charge is 0.267 e. The third kappa shape index (κ3) is 4.98. The van der Waals surface area contributed by atoms with E-state index in [1.165, 1.54) is 23.7 Å². The summed E-state index contributed by atoms with van der Waals surface area (Å²) < 4.78 is 27.0. The number of anilines is 1. The second-order valence-corrected chi connectivity index (χ2v) is 6.26. The van der Waals surface area contributed by atoms with Gasteiger partial charge in [-0.25, -0.2) is 13.9 Å². The number of amides is 1. The van der Waals surface area contributed by atoms with E-state index < -0.39 is 15.9 Å². The molecule has 1 amide bonds. The molecule has 0 fully saturated rings. The molecule has 6 nitrogen and oxygen atoms in total. The lowest BCUT2D eigenvalue weighted by atomic mass is 10.2. The fourth-order valence-corrected chi connectivity index (χ4v) is 2.82. The van der Waals surface area contributed by atoms with Crippen molar-refractivity contribution in [2.24, 2.45) is 0 Å². The number of hydroxylamine groups is 1. The molecule has 3 N–H and O–H groups in total. The van der Waals surface area contributed by atoms with Crippen LogP contribution in [-0.4, -0.2) is 19.5 Å². The van der Waals surface area contributed by atoms with E-state index in [-0.39, 0.29) is 4.90 Å². The Kier molecular flexibility index (Phi) is 5.73. The van der Waals surface area contributed by atoms with Gasteiger partial charge in [0.15, 0.2) is 0 Å². The van der Waals surface area contributed by atoms with Crippen molar-refractivity contribution in [3.63, 3.8) is 0 Å². The fourth-order valence-electron chi connectivity index (χ4n) is 1.75. The molecule has 0 saturated heterocycles. The summed E-state index contributed by atoms with van der Waals surface area (Å²) in [7, 11) is -3.66. The van der Waals surface area contributed by atoms with Gasteiger partial charge in [0.25, 0.3) is 15.9 Å². The van der Waals surface area contributed by atoms with Crippen LogP contribution in [0.4, 0.5) is 5.69 Å². The van der Waals surface area contributed by atoms with Crippen LogP contribution in [0.15, 0.2) is 71.6 Å². The minimum absolute atomic E-state index is 0.166. The first kappa shape index (κ1) is 17.3. The van der Waals surface area contributed by atoms with Crippen molar-refractivity contribution >= 4 is 21.6 Å². The zero-order valence-corrected chi connectivity index (χ0v) is 13.2. The molecular weight excluding hydrogens is 328 g/mol. The highest BCUT2D eigenvalue weighted by Gasteiger charge is 2.13. The van der Waals surface area contributed by atoms with E-state index in [0.717, 1.165) is 6.08 Å². The molecule has 0 aliphatic carbocycles. The summed E-state index contributed by atoms with van der Waals surface area (Å²) in [4.78, 5) is 10.9. The molecule has 2 aromatic rings. The van der Waals surface area contributed by atoms with Gasteiger partial charge >= 0.3 is 0 Å². The molecule has 0 radical (unpaired) electrons. The van der Waals surface area contributed by atoms with Crippen molar-refractivity contribution in [1.29, 1.82) is 0 Å². The molecule has 24 heavy (non-hydrogen) atoms. The molecule has 0 heterocycles. The summed E-state index contributed by atoms with van der Waals surface area (Å²) in [5.74, 6) is 4.68. The number of carbonyl (C=O) groups excluding carboxylic acids is 1. The Morgan fingerprint density at radius 2 is 1.83 bits per heavy atom. The van der Waals surface area contributed by atoms with Gasteiger partial charge in [-0.1, -0.05) is 36.1 Å². The standard InChI is InChI=1S/C17H14N2O4S/c20-17(18-21)12-5-4-7-14-8-6-9-15(13-14)19-24(22,23)16-10-2-1-3-11-16/h1-3,5-6,8-13,19,21H,(H,18,20)/b12-5+. The lowest BCUT2D eigenvalue weighted by Crippen LogP contribution is -2.14. The molecule has 2 rings (SSSR count). The number of hydrogen-bond donors (Lipinski definition) is 3. The Morgan fingerprint density at radius 3 is 2.54 bits per heavy atom. The zero-order valence-electron chi connectivity index (χ0n) is 12.4. The van der Waals surface area contributed by atoms with Crippen LogP contribution in [0.25, 0.3) is 0 Å². The van der Waals surface area contributed by atoms with E-state index in [1.807, 2.05) is 0 Å². The molecule has 0 aliphatic rings. The van der Waals surface area contributed by atoms with Gasteiger partial charge in [0.1, 0.15) is 0 Å². The summed E-state index contributed by atoms with van der Waals surface area (Å²) in [5.41, 5.74) is 2.39. The second kappa shape index (κ2) is 7.97. The van der Waals surface area contributed by atoms with Crippen molar-refractivity contribution in [3.05, 3.63) is 72.3 Å². The normalized spacial score (nSPS) is 10.7. The van der Waals surface area contributed by atoms with Gasteiger partial charge in [-0.2, -0.15) is 0 Å². The Hall–Kier alpha value is -3.08. The fraction of sp³-hybridized carbons (Fsp3) is 0. The van der Waals surface area contributed by atoms with E-state index >= 15 is 0 Å². The summed E-state index contributed by atoms with van der Waals surface area (Å²) in [6.45, 7) is 0. The first-order valence-corrected chi connectivity index (χ1v) is 8.30. The third-order valence-corrected chi connectivity index (χ3v) is 4.21. The van der Waals surface area contributed by atoms with Crippen molar-refractivity contribution < 1.29 is 18.4 Å². The highest BCUT2D eigenvalue weighted by Crippen LogP contribution is 2.16. The van der Waals surface area contributed by atoms with Gasteiger partial charge in [0, 0.05) is 11.6 Å². The van der Waals surface area contributed by atoms with Gasteiger partial charge in [-0.05, 0) is 36.4 Å². The first-order chi connectivity index (χ1) is 11.5. The molecule has 122 valence electrons. The maximum absolute atomic E-state index is 12.3. The van der Waals surface area contributed by atoms with Gasteiger partial charge in [0.2, 0.25) is 0 Å². The molecule has 0 atom stereocenters. The molecule has 0 unspecified atom stereocenters. The SMILES string of the molecule is O=C(/C=C/C#Cc1cccc(NS(=O)(=O)c2ccccc2)c1)NO. The molecule has 0 spiro atoms. The maximum Gasteiger partial charge on any atom is 0.267 e. The van der Waals surface area contributed by atoms with Gasteiger partial charge < -0.3 is 0 Å². The Morgan fingerprint density at radius 1 is 1.08 bits per heavy atom. The van der Waals surface area contributed by atoms with Crippen molar-refractivity contribution in [2.45, 2.75) is 4.90 Å². The van der Waals surface area contributed by atoms with Crippen LogP contribution in [0, 0.1) is 11.8 Å². The van der Waals surface area contributed by atoms with Crippen molar-refractivity contribution in [3.8, 4) is 11.8 Å². The average Bonchev–Trinajstić information content (AvgIpc) is 2.59. The minimum atomic E-state index is -3.66. The number of sulfonamides is 1. The number of hydrogen-bond acceptors (Lipinski definition) is 4. The van der Waals surface area contributed by atoms with Crippen molar-refractivity contribution in [1.82, 2.24) is 5.48 Å². The number of allylic oxidation sites excluding steroid dienone is 1. The van der Waals surface area contributed by atoms with E-state index in [0.29, 0.717) is 11.3 Å².